The van der Waals surface area contributed by atoms with Crippen LogP contribution in [-0.4, -0.2) is 48.1 Å². The molecule has 21 heavy (non-hydrogen) atoms. The molecule has 1 aliphatic rings. The molecule has 4 nitrogen and oxygen atoms in total. The molecule has 1 saturated heterocycles. The van der Waals surface area contributed by atoms with Gasteiger partial charge in [0.1, 0.15) is 11.6 Å². The SMILES string of the molecule is CC1CN(c2ncc(F)cc2CNC(C)(C)C)CCN1C. The van der Waals surface area contributed by atoms with Crippen molar-refractivity contribution in [2.45, 2.75) is 45.8 Å². The number of aromatic nitrogens is 1. The van der Waals surface area contributed by atoms with Gasteiger partial charge in [-0.05, 0) is 40.8 Å². The fourth-order valence-electron chi connectivity index (χ4n) is 2.49. The minimum Gasteiger partial charge on any atom is -0.354 e. The van der Waals surface area contributed by atoms with Crippen LogP contribution in [0.25, 0.3) is 0 Å². The Hall–Kier alpha value is -1.20. The Bertz CT molecular complexity index is 484. The molecule has 0 aliphatic carbocycles. The highest BCUT2D eigenvalue weighted by Gasteiger charge is 2.24. The summed E-state index contributed by atoms with van der Waals surface area (Å²) in [6.45, 7) is 12.0. The van der Waals surface area contributed by atoms with Gasteiger partial charge in [0.2, 0.25) is 0 Å². The van der Waals surface area contributed by atoms with Crippen LogP contribution in [0, 0.1) is 5.82 Å². The van der Waals surface area contributed by atoms with Gasteiger partial charge >= 0.3 is 0 Å². The van der Waals surface area contributed by atoms with Gasteiger partial charge in [-0.25, -0.2) is 9.37 Å². The van der Waals surface area contributed by atoms with E-state index in [4.69, 9.17) is 0 Å². The number of nitrogens with one attached hydrogen (secondary N) is 1. The second-order valence-corrected chi connectivity index (χ2v) is 7.02. The highest BCUT2D eigenvalue weighted by molar-refractivity contribution is 5.47. The summed E-state index contributed by atoms with van der Waals surface area (Å²) in [5.74, 6) is 0.639. The number of rotatable bonds is 3. The molecule has 1 fully saturated rings. The Morgan fingerprint density at radius 3 is 2.71 bits per heavy atom. The van der Waals surface area contributed by atoms with Crippen LogP contribution >= 0.6 is 0 Å². The Morgan fingerprint density at radius 2 is 2.10 bits per heavy atom. The maximum Gasteiger partial charge on any atom is 0.141 e. The molecule has 118 valence electrons. The van der Waals surface area contributed by atoms with Crippen molar-refractivity contribution in [3.05, 3.63) is 23.6 Å². The minimum absolute atomic E-state index is 0.000997. The maximum absolute atomic E-state index is 13.6. The quantitative estimate of drug-likeness (QED) is 0.926. The molecule has 1 aliphatic heterocycles. The third-order valence-electron chi connectivity index (χ3n) is 3.98. The van der Waals surface area contributed by atoms with E-state index in [0.29, 0.717) is 12.6 Å². The van der Waals surface area contributed by atoms with Crippen molar-refractivity contribution in [2.24, 2.45) is 0 Å². The number of hydrogen-bond donors (Lipinski definition) is 1. The van der Waals surface area contributed by atoms with E-state index < -0.39 is 0 Å². The zero-order chi connectivity index (χ0) is 15.6. The fraction of sp³-hybridized carbons (Fsp3) is 0.688. The summed E-state index contributed by atoms with van der Waals surface area (Å²) < 4.78 is 13.6. The maximum atomic E-state index is 13.6. The largest absolute Gasteiger partial charge is 0.354 e. The first-order valence-electron chi connectivity index (χ1n) is 7.61. The summed E-state index contributed by atoms with van der Waals surface area (Å²) in [6.07, 6.45) is 1.32. The first kappa shape index (κ1) is 16.2. The molecule has 1 N–H and O–H groups in total. The Balaban J connectivity index is 2.18. The van der Waals surface area contributed by atoms with Crippen LogP contribution in [-0.2, 0) is 6.54 Å². The Kier molecular flexibility index (Phi) is 4.84. The van der Waals surface area contributed by atoms with Gasteiger partial charge in [0.05, 0.1) is 6.20 Å². The van der Waals surface area contributed by atoms with Crippen molar-refractivity contribution in [1.82, 2.24) is 15.2 Å². The molecule has 2 rings (SSSR count). The predicted molar refractivity (Wildman–Crippen MR) is 85.1 cm³/mol. The van der Waals surface area contributed by atoms with E-state index in [-0.39, 0.29) is 11.4 Å². The average molecular weight is 294 g/mol. The van der Waals surface area contributed by atoms with Crippen LogP contribution in [0.5, 0.6) is 0 Å². The third-order valence-corrected chi connectivity index (χ3v) is 3.98. The van der Waals surface area contributed by atoms with E-state index in [1.807, 2.05) is 0 Å². The Morgan fingerprint density at radius 1 is 1.38 bits per heavy atom. The highest BCUT2D eigenvalue weighted by atomic mass is 19.1. The van der Waals surface area contributed by atoms with Gasteiger partial charge in [0, 0.05) is 43.3 Å². The normalized spacial score (nSPS) is 20.9. The average Bonchev–Trinajstić information content (AvgIpc) is 2.39. The molecule has 0 radical (unpaired) electrons. The van der Waals surface area contributed by atoms with Gasteiger partial charge in [-0.3, -0.25) is 0 Å². The molecule has 0 bridgehead atoms. The number of halogens is 1. The van der Waals surface area contributed by atoms with E-state index in [0.717, 1.165) is 31.0 Å². The molecule has 0 aromatic carbocycles. The number of pyridine rings is 1. The smallest absolute Gasteiger partial charge is 0.141 e. The van der Waals surface area contributed by atoms with E-state index in [9.17, 15) is 4.39 Å². The monoisotopic (exact) mass is 294 g/mol. The number of likely N-dealkylation sites (N-methyl/N-ethyl adjacent to an activating group) is 1. The van der Waals surface area contributed by atoms with Crippen LogP contribution in [0.4, 0.5) is 10.2 Å². The molecule has 0 saturated carbocycles. The lowest BCUT2D eigenvalue weighted by Crippen LogP contribution is -2.50. The van der Waals surface area contributed by atoms with Gasteiger partial charge < -0.3 is 15.1 Å². The van der Waals surface area contributed by atoms with E-state index in [1.54, 1.807) is 6.07 Å². The molecular formula is C16H27FN4. The van der Waals surface area contributed by atoms with Crippen molar-refractivity contribution < 1.29 is 4.39 Å². The van der Waals surface area contributed by atoms with Crippen molar-refractivity contribution in [1.29, 1.82) is 0 Å². The molecule has 2 heterocycles. The zero-order valence-electron chi connectivity index (χ0n) is 13.8. The molecule has 1 aromatic rings. The lowest BCUT2D eigenvalue weighted by atomic mass is 10.1. The van der Waals surface area contributed by atoms with Crippen LogP contribution < -0.4 is 10.2 Å². The third kappa shape index (κ3) is 4.38. The van der Waals surface area contributed by atoms with Gasteiger partial charge in [0.15, 0.2) is 0 Å². The van der Waals surface area contributed by atoms with Crippen molar-refractivity contribution >= 4 is 5.82 Å². The van der Waals surface area contributed by atoms with Crippen molar-refractivity contribution in [3.8, 4) is 0 Å². The molecular weight excluding hydrogens is 267 g/mol. The van der Waals surface area contributed by atoms with Crippen molar-refractivity contribution in [3.63, 3.8) is 0 Å². The minimum atomic E-state index is -0.272. The topological polar surface area (TPSA) is 31.4 Å². The number of anilines is 1. The first-order valence-corrected chi connectivity index (χ1v) is 7.61. The summed E-state index contributed by atoms with van der Waals surface area (Å²) >= 11 is 0. The molecule has 1 unspecified atom stereocenters. The van der Waals surface area contributed by atoms with Crippen LogP contribution in [0.1, 0.15) is 33.3 Å². The summed E-state index contributed by atoms with van der Waals surface area (Å²) in [4.78, 5) is 8.96. The number of nitrogens with zero attached hydrogens (tertiary/aromatic N) is 3. The molecule has 0 spiro atoms. The molecule has 1 atom stereocenters. The first-order chi connectivity index (χ1) is 9.76. The van der Waals surface area contributed by atoms with Crippen molar-refractivity contribution in [2.75, 3.05) is 31.6 Å². The second kappa shape index (κ2) is 6.28. The van der Waals surface area contributed by atoms with Gasteiger partial charge in [-0.15, -0.1) is 0 Å². The summed E-state index contributed by atoms with van der Waals surface area (Å²) in [5, 5.41) is 3.42. The second-order valence-electron chi connectivity index (χ2n) is 7.02. The number of hydrogen-bond acceptors (Lipinski definition) is 4. The van der Waals surface area contributed by atoms with Gasteiger partial charge in [-0.2, -0.15) is 0 Å². The van der Waals surface area contributed by atoms with E-state index in [1.165, 1.54) is 6.20 Å². The van der Waals surface area contributed by atoms with Gasteiger partial charge in [0.25, 0.3) is 0 Å². The lowest BCUT2D eigenvalue weighted by molar-refractivity contribution is 0.233. The molecule has 1 aromatic heterocycles. The van der Waals surface area contributed by atoms with Crippen LogP contribution in [0.2, 0.25) is 0 Å². The predicted octanol–water partition coefficient (Wildman–Crippen LogP) is 2.25. The zero-order valence-corrected chi connectivity index (χ0v) is 13.8. The van der Waals surface area contributed by atoms with Crippen LogP contribution in [0.3, 0.4) is 0 Å². The number of piperazine rings is 1. The lowest BCUT2D eigenvalue weighted by Gasteiger charge is -2.39. The fourth-order valence-corrected chi connectivity index (χ4v) is 2.49. The highest BCUT2D eigenvalue weighted by Crippen LogP contribution is 2.22. The summed E-state index contributed by atoms with van der Waals surface area (Å²) in [7, 11) is 2.14. The molecule has 0 amide bonds. The van der Waals surface area contributed by atoms with E-state index in [2.05, 4.69) is 54.8 Å². The Labute approximate surface area is 127 Å². The van der Waals surface area contributed by atoms with E-state index >= 15 is 0 Å². The van der Waals surface area contributed by atoms with Gasteiger partial charge in [-0.1, -0.05) is 0 Å². The summed E-state index contributed by atoms with van der Waals surface area (Å²) in [6, 6.07) is 2.08. The molecule has 5 heteroatoms. The standard InChI is InChI=1S/C16H27FN4/c1-12-11-21(7-6-20(12)5)15-13(8-14(17)10-18-15)9-19-16(2,3)4/h8,10,12,19H,6-7,9,11H2,1-5H3. The van der Waals surface area contributed by atoms with Crippen LogP contribution in [0.15, 0.2) is 12.3 Å². The summed E-state index contributed by atoms with van der Waals surface area (Å²) in [5.41, 5.74) is 0.931.